The van der Waals surface area contributed by atoms with Gasteiger partial charge < -0.3 is 11.2 Å². The molecule has 0 radical (unpaired) electrons. The first-order valence-corrected chi connectivity index (χ1v) is 9.29. The molecule has 28 heavy (non-hydrogen) atoms. The first-order chi connectivity index (χ1) is 13.4. The minimum atomic E-state index is -0.583. The molecule has 0 fully saturated rings. The lowest BCUT2D eigenvalue weighted by atomic mass is 10.1. The number of nitrogens with zero attached hydrogens (tertiary/aromatic N) is 3. The Balaban J connectivity index is 1.75. The molecule has 3 N–H and O–H groups in total. The second kappa shape index (κ2) is 8.22. The zero-order chi connectivity index (χ0) is 20.3. The number of amides is 1. The van der Waals surface area contributed by atoms with Crippen molar-refractivity contribution in [1.82, 2.24) is 14.9 Å². The third kappa shape index (κ3) is 4.04. The number of halogens is 1. The number of hydrogen-bond donors (Lipinski definition) is 2. The molecule has 0 saturated heterocycles. The van der Waals surface area contributed by atoms with Gasteiger partial charge in [0.15, 0.2) is 11.6 Å². The van der Waals surface area contributed by atoms with Gasteiger partial charge in [-0.1, -0.05) is 36.0 Å². The van der Waals surface area contributed by atoms with Gasteiger partial charge in [-0.25, -0.2) is 9.07 Å². The number of aromatic nitrogens is 3. The number of nitrogens with two attached hydrogens (primary N) is 1. The monoisotopic (exact) mass is 399 g/mol. The van der Waals surface area contributed by atoms with Crippen LogP contribution in [0.15, 0.2) is 53.7 Å². The maximum atomic E-state index is 14.0. The molecule has 144 valence electrons. The van der Waals surface area contributed by atoms with E-state index in [0.29, 0.717) is 11.3 Å². The lowest BCUT2D eigenvalue weighted by molar-refractivity contribution is -0.115. The van der Waals surface area contributed by atoms with Crippen LogP contribution in [0.5, 0.6) is 0 Å². The predicted octanol–water partition coefficient (Wildman–Crippen LogP) is 3.12. The Morgan fingerprint density at radius 3 is 2.54 bits per heavy atom. The summed E-state index contributed by atoms with van der Waals surface area (Å²) in [6, 6.07) is 12.9. The lowest BCUT2D eigenvalue weighted by Crippen LogP contribution is -2.24. The highest BCUT2D eigenvalue weighted by molar-refractivity contribution is 8.00. The van der Waals surface area contributed by atoms with E-state index in [1.165, 1.54) is 13.0 Å². The first-order valence-electron chi connectivity index (χ1n) is 8.41. The van der Waals surface area contributed by atoms with Crippen LogP contribution in [0.4, 0.5) is 10.1 Å². The van der Waals surface area contributed by atoms with E-state index in [1.807, 2.05) is 0 Å². The number of thioether (sulfide) groups is 1. The van der Waals surface area contributed by atoms with Gasteiger partial charge in [0.25, 0.3) is 0 Å². The van der Waals surface area contributed by atoms with Crippen LogP contribution in [-0.4, -0.2) is 31.8 Å². The molecule has 0 spiro atoms. The number of Topliss-reactive ketones (excluding diaryl/α,β-unsaturated/α-hetero) is 1. The molecule has 1 aromatic heterocycles. The van der Waals surface area contributed by atoms with Crippen molar-refractivity contribution in [2.75, 3.05) is 11.2 Å². The van der Waals surface area contributed by atoms with Gasteiger partial charge in [-0.15, -0.1) is 10.2 Å². The minimum absolute atomic E-state index is 0.146. The smallest absolute Gasteiger partial charge is 0.237 e. The summed E-state index contributed by atoms with van der Waals surface area (Å²) < 4.78 is 15.1. The fraction of sp³-hybridized carbons (Fsp3) is 0.158. The number of carbonyl (C=O) groups excluding carboxylic acids is 2. The molecule has 1 amide bonds. The highest BCUT2D eigenvalue weighted by Crippen LogP contribution is 2.27. The predicted molar refractivity (Wildman–Crippen MR) is 106 cm³/mol. The highest BCUT2D eigenvalue weighted by atomic mass is 32.2. The van der Waals surface area contributed by atoms with Crippen LogP contribution in [0, 0.1) is 5.82 Å². The summed E-state index contributed by atoms with van der Waals surface area (Å²) in [6.07, 6.45) is 0. The van der Waals surface area contributed by atoms with Crippen molar-refractivity contribution in [2.45, 2.75) is 24.3 Å². The third-order valence-corrected chi connectivity index (χ3v) is 5.05. The number of hydrogen-bond acceptors (Lipinski definition) is 6. The Kier molecular flexibility index (Phi) is 5.74. The van der Waals surface area contributed by atoms with E-state index in [1.54, 1.807) is 49.4 Å². The van der Waals surface area contributed by atoms with Gasteiger partial charge in [-0.05, 0) is 38.1 Å². The van der Waals surface area contributed by atoms with E-state index in [9.17, 15) is 14.0 Å². The number of nitrogens with one attached hydrogen (secondary N) is 1. The van der Waals surface area contributed by atoms with Crippen LogP contribution in [0.3, 0.4) is 0 Å². The standard InChI is InChI=1S/C19H18FN5O2S/c1-11(26)13-7-4-6-10-16(13)22-18(27)12(2)28-19-24-23-17(25(19)21)14-8-3-5-9-15(14)20/h3-10,12H,21H2,1-2H3,(H,22,27). The van der Waals surface area contributed by atoms with E-state index in [2.05, 4.69) is 15.5 Å². The summed E-state index contributed by atoms with van der Waals surface area (Å²) >= 11 is 1.08. The number of nitrogen functional groups attached to an aromatic ring is 1. The quantitative estimate of drug-likeness (QED) is 0.375. The number of carbonyl (C=O) groups is 2. The second-order valence-corrected chi connectivity index (χ2v) is 7.32. The molecule has 7 nitrogen and oxygen atoms in total. The zero-order valence-electron chi connectivity index (χ0n) is 15.2. The van der Waals surface area contributed by atoms with Gasteiger partial charge in [0.2, 0.25) is 11.1 Å². The maximum Gasteiger partial charge on any atom is 0.237 e. The molecular formula is C19H18FN5O2S. The molecule has 1 unspecified atom stereocenters. The van der Waals surface area contributed by atoms with Gasteiger partial charge in [0, 0.05) is 5.56 Å². The molecule has 0 bridgehead atoms. The average Bonchev–Trinajstić information content (AvgIpc) is 3.02. The molecule has 0 aliphatic heterocycles. The van der Waals surface area contributed by atoms with Crippen molar-refractivity contribution in [3.05, 3.63) is 59.9 Å². The van der Waals surface area contributed by atoms with Gasteiger partial charge in [0.05, 0.1) is 16.5 Å². The number of ketones is 1. The molecule has 3 aromatic rings. The molecule has 0 aliphatic rings. The van der Waals surface area contributed by atoms with Crippen molar-refractivity contribution >= 4 is 29.1 Å². The van der Waals surface area contributed by atoms with Crippen LogP contribution in [0.1, 0.15) is 24.2 Å². The number of benzene rings is 2. The van der Waals surface area contributed by atoms with Crippen LogP contribution in [0.2, 0.25) is 0 Å². The Bertz CT molecular complexity index is 1040. The van der Waals surface area contributed by atoms with Gasteiger partial charge in [0.1, 0.15) is 5.82 Å². The maximum absolute atomic E-state index is 14.0. The van der Waals surface area contributed by atoms with Crippen LogP contribution < -0.4 is 11.2 Å². The van der Waals surface area contributed by atoms with Crippen LogP contribution in [0.25, 0.3) is 11.4 Å². The number of anilines is 1. The highest BCUT2D eigenvalue weighted by Gasteiger charge is 2.22. The summed E-state index contributed by atoms with van der Waals surface area (Å²) in [5.74, 6) is 5.22. The Morgan fingerprint density at radius 1 is 1.14 bits per heavy atom. The summed E-state index contributed by atoms with van der Waals surface area (Å²) in [5, 5.41) is 10.3. The first kappa shape index (κ1) is 19.6. The lowest BCUT2D eigenvalue weighted by Gasteiger charge is -2.13. The molecule has 9 heteroatoms. The molecule has 1 atom stereocenters. The van der Waals surface area contributed by atoms with Gasteiger partial charge in [-0.3, -0.25) is 9.59 Å². The van der Waals surface area contributed by atoms with E-state index in [-0.39, 0.29) is 28.2 Å². The molecular weight excluding hydrogens is 381 g/mol. The minimum Gasteiger partial charge on any atom is -0.335 e. The third-order valence-electron chi connectivity index (χ3n) is 3.99. The van der Waals surface area contributed by atoms with E-state index < -0.39 is 11.1 Å². The Labute approximate surface area is 165 Å². The van der Waals surface area contributed by atoms with Crippen molar-refractivity contribution in [2.24, 2.45) is 0 Å². The van der Waals surface area contributed by atoms with Gasteiger partial charge in [-0.2, -0.15) is 0 Å². The molecule has 0 aliphatic carbocycles. The second-order valence-electron chi connectivity index (χ2n) is 6.01. The molecule has 1 heterocycles. The number of rotatable bonds is 6. The van der Waals surface area contributed by atoms with E-state index >= 15 is 0 Å². The van der Waals surface area contributed by atoms with Crippen molar-refractivity contribution in [1.29, 1.82) is 0 Å². The molecule has 3 rings (SSSR count). The Morgan fingerprint density at radius 2 is 1.82 bits per heavy atom. The van der Waals surface area contributed by atoms with E-state index in [4.69, 9.17) is 5.84 Å². The number of para-hydroxylation sites is 1. The summed E-state index contributed by atoms with van der Waals surface area (Å²) in [7, 11) is 0. The summed E-state index contributed by atoms with van der Waals surface area (Å²) in [5.41, 5.74) is 1.09. The fourth-order valence-electron chi connectivity index (χ4n) is 2.53. The molecule has 2 aromatic carbocycles. The van der Waals surface area contributed by atoms with Crippen molar-refractivity contribution < 1.29 is 14.0 Å². The summed E-state index contributed by atoms with van der Waals surface area (Å²) in [4.78, 5) is 24.2. The fourth-order valence-corrected chi connectivity index (χ4v) is 3.30. The van der Waals surface area contributed by atoms with Crippen molar-refractivity contribution in [3.63, 3.8) is 0 Å². The molecule has 0 saturated carbocycles. The van der Waals surface area contributed by atoms with Crippen LogP contribution >= 0.6 is 11.8 Å². The van der Waals surface area contributed by atoms with Crippen LogP contribution in [-0.2, 0) is 4.79 Å². The topological polar surface area (TPSA) is 103 Å². The Hall–Kier alpha value is -3.20. The van der Waals surface area contributed by atoms with E-state index in [0.717, 1.165) is 16.4 Å². The normalized spacial score (nSPS) is 11.8. The average molecular weight is 399 g/mol. The summed E-state index contributed by atoms with van der Waals surface area (Å²) in [6.45, 7) is 3.11. The van der Waals surface area contributed by atoms with Gasteiger partial charge >= 0.3 is 0 Å². The van der Waals surface area contributed by atoms with Crippen molar-refractivity contribution in [3.8, 4) is 11.4 Å². The SMILES string of the molecule is CC(=O)c1ccccc1NC(=O)C(C)Sc1nnc(-c2ccccc2F)n1N. The zero-order valence-corrected chi connectivity index (χ0v) is 16.0. The largest absolute Gasteiger partial charge is 0.335 e.